The second-order valence-corrected chi connectivity index (χ2v) is 29.2. The Morgan fingerprint density at radius 2 is 0.450 bits per heavy atom. The molecule has 0 unspecified atom stereocenters. The first kappa shape index (κ1) is 30.2. The van der Waals surface area contributed by atoms with Crippen molar-refractivity contribution >= 4 is 79.0 Å². The fourth-order valence-electron chi connectivity index (χ4n) is 2.25. The number of hydrogen-bond acceptors (Lipinski definition) is 2. The van der Waals surface area contributed by atoms with Crippen LogP contribution < -0.4 is 9.30 Å². The minimum atomic E-state index is -0.981. The molecule has 0 amide bonds. The summed E-state index contributed by atoms with van der Waals surface area (Å²) in [5.74, 6) is 0. The molecule has 20 heavy (non-hydrogen) atoms. The predicted molar refractivity (Wildman–Crippen MR) is 111 cm³/mol. The second-order valence-electron chi connectivity index (χ2n) is 9.25. The van der Waals surface area contributed by atoms with Crippen LogP contribution in [-0.2, 0) is 0 Å². The van der Waals surface area contributed by atoms with Crippen LogP contribution in [-0.4, -0.2) is 79.0 Å². The average Bonchev–Trinajstić information content (AvgIpc) is 1.64. The van der Waals surface area contributed by atoms with E-state index in [4.69, 9.17) is 0 Å². The Morgan fingerprint density at radius 1 is 0.350 bits per heavy atom. The summed E-state index contributed by atoms with van der Waals surface area (Å²) in [6.07, 6.45) is 0. The molecule has 0 saturated heterocycles. The SMILES string of the molecule is C[Si](C)(C)N[Si](C)(C)C.C[Si](C)(C)N[Si](C)(C)C.[Mg+2].[Mg+2]. The van der Waals surface area contributed by atoms with Gasteiger partial charge in [0.15, 0.2) is 0 Å². The first-order valence-corrected chi connectivity index (χ1v) is 21.0. The van der Waals surface area contributed by atoms with Gasteiger partial charge in [-0.3, -0.25) is 0 Å². The summed E-state index contributed by atoms with van der Waals surface area (Å²) in [7, 11) is -3.92. The first-order valence-electron chi connectivity index (χ1n) is 7.00. The molecular weight excluding hydrogens is 333 g/mol. The van der Waals surface area contributed by atoms with E-state index >= 15 is 0 Å². The molecule has 8 heteroatoms. The van der Waals surface area contributed by atoms with Gasteiger partial charge in [0.25, 0.3) is 0 Å². The third-order valence-corrected chi connectivity index (χ3v) is 13.5. The molecule has 0 bridgehead atoms. The molecule has 0 rings (SSSR count). The van der Waals surface area contributed by atoms with E-state index in [0.717, 1.165) is 0 Å². The van der Waals surface area contributed by atoms with Crippen molar-refractivity contribution in [1.82, 2.24) is 9.30 Å². The van der Waals surface area contributed by atoms with Crippen molar-refractivity contribution in [2.45, 2.75) is 78.6 Å². The van der Waals surface area contributed by atoms with Crippen LogP contribution in [0.15, 0.2) is 0 Å². The molecule has 112 valence electrons. The molecule has 0 aliphatic rings. The van der Waals surface area contributed by atoms with Gasteiger partial charge >= 0.3 is 46.1 Å². The van der Waals surface area contributed by atoms with E-state index in [9.17, 15) is 0 Å². The van der Waals surface area contributed by atoms with E-state index in [1.165, 1.54) is 0 Å². The van der Waals surface area contributed by atoms with E-state index in [2.05, 4.69) is 87.9 Å². The van der Waals surface area contributed by atoms with Gasteiger partial charge in [-0.15, -0.1) is 0 Å². The fourth-order valence-corrected chi connectivity index (χ4v) is 20.2. The van der Waals surface area contributed by atoms with Gasteiger partial charge in [0, 0.05) is 0 Å². The van der Waals surface area contributed by atoms with Gasteiger partial charge in [-0.25, -0.2) is 0 Å². The molecule has 0 aromatic heterocycles. The molecule has 0 spiro atoms. The van der Waals surface area contributed by atoms with Crippen molar-refractivity contribution in [2.24, 2.45) is 0 Å². The largest absolute Gasteiger partial charge is 2.00 e. The Hall–Kier alpha value is 2.32. The van der Waals surface area contributed by atoms with Crippen LogP contribution in [0.1, 0.15) is 0 Å². The number of rotatable bonds is 4. The number of nitrogens with one attached hydrogen (secondary N) is 2. The Balaban J connectivity index is -0.000000116. The van der Waals surface area contributed by atoms with Crippen molar-refractivity contribution in [3.8, 4) is 0 Å². The van der Waals surface area contributed by atoms with Gasteiger partial charge in [0.1, 0.15) is 32.9 Å². The van der Waals surface area contributed by atoms with E-state index in [0.29, 0.717) is 0 Å². The summed E-state index contributed by atoms with van der Waals surface area (Å²) in [6, 6.07) is 0. The maximum Gasteiger partial charge on any atom is 2.00 e. The van der Waals surface area contributed by atoms with Gasteiger partial charge in [-0.2, -0.15) is 0 Å². The summed E-state index contributed by atoms with van der Waals surface area (Å²) >= 11 is 0. The van der Waals surface area contributed by atoms with E-state index in [1.807, 2.05) is 0 Å². The smallest absolute Gasteiger partial charge is 0.360 e. The van der Waals surface area contributed by atoms with Gasteiger partial charge in [0.2, 0.25) is 0 Å². The molecule has 0 heterocycles. The molecular formula is C12H38Mg2N2Si4+4. The minimum absolute atomic E-state index is 0. The van der Waals surface area contributed by atoms with Crippen LogP contribution in [0.2, 0.25) is 78.6 Å². The number of hydrogen-bond donors (Lipinski definition) is 2. The third-order valence-electron chi connectivity index (χ3n) is 1.50. The van der Waals surface area contributed by atoms with E-state index in [1.54, 1.807) is 0 Å². The van der Waals surface area contributed by atoms with Crippen LogP contribution in [0.25, 0.3) is 0 Å². The zero-order chi connectivity index (χ0) is 15.4. The van der Waals surface area contributed by atoms with Crippen molar-refractivity contribution in [3.05, 3.63) is 0 Å². The maximum atomic E-state index is 3.74. The zero-order valence-corrected chi connectivity index (χ0v) is 23.2. The minimum Gasteiger partial charge on any atom is -0.360 e. The summed E-state index contributed by atoms with van der Waals surface area (Å²) in [6.45, 7) is 28.2. The fraction of sp³-hybridized carbons (Fsp3) is 1.00. The van der Waals surface area contributed by atoms with Crippen molar-refractivity contribution in [1.29, 1.82) is 0 Å². The van der Waals surface area contributed by atoms with Crippen LogP contribution >= 0.6 is 0 Å². The van der Waals surface area contributed by atoms with Crippen LogP contribution in [0.3, 0.4) is 0 Å². The Morgan fingerprint density at radius 3 is 0.450 bits per heavy atom. The standard InChI is InChI=1S/2C6H19NSi2.2Mg/c2*1-8(2,3)7-9(4,5)6;;/h2*7H,1-6H3;;/q;;2*+2. The van der Waals surface area contributed by atoms with Crippen LogP contribution in [0, 0.1) is 0 Å². The molecule has 0 aliphatic heterocycles. The molecule has 2 N–H and O–H groups in total. The van der Waals surface area contributed by atoms with Crippen molar-refractivity contribution < 1.29 is 0 Å². The van der Waals surface area contributed by atoms with E-state index in [-0.39, 0.29) is 46.1 Å². The Bertz CT molecular complexity index is 188. The summed E-state index contributed by atoms with van der Waals surface area (Å²) in [4.78, 5) is 0. The van der Waals surface area contributed by atoms with Gasteiger partial charge in [-0.1, -0.05) is 78.6 Å². The zero-order valence-electron chi connectivity index (χ0n) is 16.4. The normalized spacial score (nSPS) is 12.6. The van der Waals surface area contributed by atoms with Crippen LogP contribution in [0.4, 0.5) is 0 Å². The average molecular weight is 371 g/mol. The molecule has 0 aromatic carbocycles. The molecule has 0 atom stereocenters. The van der Waals surface area contributed by atoms with Crippen LogP contribution in [0.5, 0.6) is 0 Å². The molecule has 0 fully saturated rings. The van der Waals surface area contributed by atoms with Crippen molar-refractivity contribution in [3.63, 3.8) is 0 Å². The van der Waals surface area contributed by atoms with Gasteiger partial charge < -0.3 is 9.30 Å². The topological polar surface area (TPSA) is 24.1 Å². The molecule has 0 aliphatic carbocycles. The van der Waals surface area contributed by atoms with Crippen molar-refractivity contribution in [2.75, 3.05) is 0 Å². The Labute approximate surface area is 165 Å². The second kappa shape index (κ2) is 11.0. The van der Waals surface area contributed by atoms with E-state index < -0.39 is 32.9 Å². The molecule has 0 saturated carbocycles. The third kappa shape index (κ3) is 37.0. The predicted octanol–water partition coefficient (Wildman–Crippen LogP) is 3.73. The Kier molecular flexibility index (Phi) is 16.6. The molecule has 0 aromatic rings. The summed E-state index contributed by atoms with van der Waals surface area (Å²) < 4.78 is 7.47. The van der Waals surface area contributed by atoms with Gasteiger partial charge in [-0.05, 0) is 0 Å². The molecule has 0 radical (unpaired) electrons. The monoisotopic (exact) mass is 370 g/mol. The summed E-state index contributed by atoms with van der Waals surface area (Å²) in [5.41, 5.74) is 0. The first-order chi connectivity index (χ1) is 7.41. The quantitative estimate of drug-likeness (QED) is 0.736. The summed E-state index contributed by atoms with van der Waals surface area (Å²) in [5, 5.41) is 0. The maximum absolute atomic E-state index is 3.74. The van der Waals surface area contributed by atoms with Gasteiger partial charge in [0.05, 0.1) is 0 Å². The molecule has 2 nitrogen and oxygen atoms in total.